The molecule has 16 heavy (non-hydrogen) atoms. The van der Waals surface area contributed by atoms with Gasteiger partial charge < -0.3 is 5.11 Å². The maximum absolute atomic E-state index is 11.5. The maximum Gasteiger partial charge on any atom is 0.320 e. The van der Waals surface area contributed by atoms with Crippen LogP contribution in [0, 0.1) is 0 Å². The number of aliphatic carboxylic acids is 1. The van der Waals surface area contributed by atoms with Crippen molar-refractivity contribution in [2.45, 2.75) is 5.92 Å². The Balaban J connectivity index is 2.66. The highest BCUT2D eigenvalue weighted by Crippen LogP contribution is 2.28. The molecule has 1 aliphatic heterocycles. The summed E-state index contributed by atoms with van der Waals surface area (Å²) in [5.41, 5.74) is 0.132. The molecule has 0 saturated carbocycles. The molecule has 0 aliphatic carbocycles. The first kappa shape index (κ1) is 10.3. The predicted octanol–water partition coefficient (Wildman–Crippen LogP) is 0.226. The van der Waals surface area contributed by atoms with E-state index in [0.717, 1.165) is 0 Å². The van der Waals surface area contributed by atoms with E-state index in [0.29, 0.717) is 0 Å². The van der Waals surface area contributed by atoms with Crippen molar-refractivity contribution in [3.8, 4) is 0 Å². The zero-order valence-corrected chi connectivity index (χ0v) is 7.95. The minimum atomic E-state index is -1.53. The fraction of sp³-hybridized carbons (Fsp3) is 0.100. The Hall–Kier alpha value is -2.21. The number of hydroxylamine groups is 2. The average molecular weight is 221 g/mol. The number of carbonyl (C=O) groups is 3. The van der Waals surface area contributed by atoms with Crippen LogP contribution in [-0.2, 0) is 9.59 Å². The van der Waals surface area contributed by atoms with Gasteiger partial charge >= 0.3 is 5.97 Å². The number of carbonyl (C=O) groups excluding carboxylic acids is 2. The highest BCUT2D eigenvalue weighted by molar-refractivity contribution is 6.16. The Labute approximate surface area is 89.7 Å². The SMILES string of the molecule is O=C(O)C1C(=O)N(O)C(=O)c2ccccc21. The third kappa shape index (κ3) is 1.28. The lowest BCUT2D eigenvalue weighted by molar-refractivity contribution is -0.162. The summed E-state index contributed by atoms with van der Waals surface area (Å²) in [4.78, 5) is 33.8. The van der Waals surface area contributed by atoms with Crippen LogP contribution >= 0.6 is 0 Å². The van der Waals surface area contributed by atoms with Crippen LogP contribution in [0.2, 0.25) is 0 Å². The van der Waals surface area contributed by atoms with Gasteiger partial charge in [0, 0.05) is 5.56 Å². The van der Waals surface area contributed by atoms with Gasteiger partial charge in [-0.05, 0) is 11.6 Å². The Kier molecular flexibility index (Phi) is 2.21. The summed E-state index contributed by atoms with van der Waals surface area (Å²) in [7, 11) is 0. The van der Waals surface area contributed by atoms with E-state index >= 15 is 0 Å². The molecule has 6 nitrogen and oxygen atoms in total. The fourth-order valence-corrected chi connectivity index (χ4v) is 1.65. The van der Waals surface area contributed by atoms with Crippen LogP contribution < -0.4 is 0 Å². The zero-order chi connectivity index (χ0) is 11.9. The number of carboxylic acids is 1. The van der Waals surface area contributed by atoms with Gasteiger partial charge in [0.2, 0.25) is 0 Å². The number of carboxylic acid groups (broad SMARTS) is 1. The van der Waals surface area contributed by atoms with Gasteiger partial charge in [-0.2, -0.15) is 5.06 Å². The molecular weight excluding hydrogens is 214 g/mol. The smallest absolute Gasteiger partial charge is 0.320 e. The molecule has 0 radical (unpaired) electrons. The van der Waals surface area contributed by atoms with E-state index in [1.807, 2.05) is 0 Å². The first-order valence-corrected chi connectivity index (χ1v) is 4.43. The molecule has 1 aliphatic rings. The fourth-order valence-electron chi connectivity index (χ4n) is 1.65. The highest BCUT2D eigenvalue weighted by atomic mass is 16.5. The van der Waals surface area contributed by atoms with Gasteiger partial charge in [0.1, 0.15) is 0 Å². The third-order valence-electron chi connectivity index (χ3n) is 2.40. The second-order valence-corrected chi connectivity index (χ2v) is 3.31. The summed E-state index contributed by atoms with van der Waals surface area (Å²) >= 11 is 0. The molecule has 1 heterocycles. The van der Waals surface area contributed by atoms with Crippen molar-refractivity contribution in [3.05, 3.63) is 35.4 Å². The summed E-state index contributed by atoms with van der Waals surface area (Å²) in [5.74, 6) is -4.97. The van der Waals surface area contributed by atoms with Crippen molar-refractivity contribution >= 4 is 17.8 Å². The quantitative estimate of drug-likeness (QED) is 0.402. The van der Waals surface area contributed by atoms with E-state index in [-0.39, 0.29) is 16.2 Å². The second kappa shape index (κ2) is 3.42. The Morgan fingerprint density at radius 2 is 1.88 bits per heavy atom. The van der Waals surface area contributed by atoms with Gasteiger partial charge in [0.25, 0.3) is 11.8 Å². The number of imide groups is 1. The summed E-state index contributed by atoms with van der Waals surface area (Å²) in [6.07, 6.45) is 0. The topological polar surface area (TPSA) is 94.9 Å². The Morgan fingerprint density at radius 3 is 2.50 bits per heavy atom. The number of benzene rings is 1. The number of amides is 2. The minimum Gasteiger partial charge on any atom is -0.480 e. The summed E-state index contributed by atoms with van der Waals surface area (Å²) < 4.78 is 0. The molecule has 1 aromatic rings. The number of rotatable bonds is 1. The van der Waals surface area contributed by atoms with Gasteiger partial charge in [-0.25, -0.2) is 0 Å². The molecule has 2 amide bonds. The molecule has 0 bridgehead atoms. The first-order chi connectivity index (χ1) is 7.54. The van der Waals surface area contributed by atoms with Crippen molar-refractivity contribution in [1.82, 2.24) is 5.06 Å². The van der Waals surface area contributed by atoms with Crippen LogP contribution in [0.3, 0.4) is 0 Å². The normalized spacial score (nSPS) is 19.6. The average Bonchev–Trinajstić information content (AvgIpc) is 2.26. The van der Waals surface area contributed by atoms with Crippen molar-refractivity contribution in [2.75, 3.05) is 0 Å². The molecular formula is C10H7NO5. The van der Waals surface area contributed by atoms with Crippen molar-refractivity contribution in [3.63, 3.8) is 0 Å². The lowest BCUT2D eigenvalue weighted by Crippen LogP contribution is -2.44. The highest BCUT2D eigenvalue weighted by Gasteiger charge is 2.42. The number of hydrogen-bond acceptors (Lipinski definition) is 4. The number of fused-ring (bicyclic) bond motifs is 1. The molecule has 0 spiro atoms. The molecule has 1 aromatic carbocycles. The molecule has 1 unspecified atom stereocenters. The van der Waals surface area contributed by atoms with E-state index in [1.54, 1.807) is 0 Å². The third-order valence-corrected chi connectivity index (χ3v) is 2.40. The number of hydrogen-bond donors (Lipinski definition) is 2. The van der Waals surface area contributed by atoms with Crippen LogP contribution in [0.4, 0.5) is 0 Å². The largest absolute Gasteiger partial charge is 0.480 e. The van der Waals surface area contributed by atoms with Gasteiger partial charge in [0.05, 0.1) is 0 Å². The number of nitrogens with zero attached hydrogens (tertiary/aromatic N) is 1. The summed E-state index contributed by atoms with van der Waals surface area (Å²) in [5, 5.41) is 17.9. The Bertz CT molecular complexity index is 496. The molecule has 0 fully saturated rings. The molecule has 0 aromatic heterocycles. The van der Waals surface area contributed by atoms with E-state index in [4.69, 9.17) is 5.11 Å². The van der Waals surface area contributed by atoms with Crippen LogP contribution in [-0.4, -0.2) is 33.2 Å². The van der Waals surface area contributed by atoms with E-state index in [2.05, 4.69) is 0 Å². The molecule has 82 valence electrons. The molecule has 2 N–H and O–H groups in total. The van der Waals surface area contributed by atoms with Crippen molar-refractivity contribution < 1.29 is 24.7 Å². The minimum absolute atomic E-state index is 0.0250. The molecule has 2 rings (SSSR count). The first-order valence-electron chi connectivity index (χ1n) is 4.43. The second-order valence-electron chi connectivity index (χ2n) is 3.31. The van der Waals surface area contributed by atoms with Gasteiger partial charge in [-0.15, -0.1) is 0 Å². The molecule has 0 saturated heterocycles. The van der Waals surface area contributed by atoms with E-state index in [9.17, 15) is 19.6 Å². The summed E-state index contributed by atoms with van der Waals surface area (Å²) in [6, 6.07) is 5.81. The van der Waals surface area contributed by atoms with Crippen LogP contribution in [0.15, 0.2) is 24.3 Å². The molecule has 6 heteroatoms. The van der Waals surface area contributed by atoms with Crippen molar-refractivity contribution in [2.24, 2.45) is 0 Å². The molecule has 1 atom stereocenters. The van der Waals surface area contributed by atoms with E-state index in [1.165, 1.54) is 24.3 Å². The van der Waals surface area contributed by atoms with E-state index < -0.39 is 23.7 Å². The lowest BCUT2D eigenvalue weighted by Gasteiger charge is -2.25. The monoisotopic (exact) mass is 221 g/mol. The van der Waals surface area contributed by atoms with Gasteiger partial charge in [-0.1, -0.05) is 18.2 Å². The standard InChI is InChI=1S/C10H7NO5/c12-8-6-4-2-1-3-5(6)7(10(14)15)9(13)11(8)16/h1-4,7,16H,(H,14,15). The predicted molar refractivity (Wildman–Crippen MR) is 49.8 cm³/mol. The summed E-state index contributed by atoms with van der Waals surface area (Å²) in [6.45, 7) is 0. The lowest BCUT2D eigenvalue weighted by atomic mass is 9.89. The zero-order valence-electron chi connectivity index (χ0n) is 7.95. The van der Waals surface area contributed by atoms with Crippen LogP contribution in [0.25, 0.3) is 0 Å². The van der Waals surface area contributed by atoms with Crippen LogP contribution in [0.1, 0.15) is 21.8 Å². The van der Waals surface area contributed by atoms with Crippen LogP contribution in [0.5, 0.6) is 0 Å². The van der Waals surface area contributed by atoms with Gasteiger partial charge in [-0.3, -0.25) is 19.6 Å². The van der Waals surface area contributed by atoms with Gasteiger partial charge in [0.15, 0.2) is 5.92 Å². The maximum atomic E-state index is 11.5. The van der Waals surface area contributed by atoms with Crippen molar-refractivity contribution in [1.29, 1.82) is 0 Å². The Morgan fingerprint density at radius 1 is 1.25 bits per heavy atom.